The number of hydrogen-bond acceptors (Lipinski definition) is 15. The molecule has 0 aromatic rings. The van der Waals surface area contributed by atoms with E-state index in [1.807, 2.05) is 0 Å². The lowest BCUT2D eigenvalue weighted by Gasteiger charge is -2.21. The van der Waals surface area contributed by atoms with Crippen molar-refractivity contribution in [3.05, 3.63) is 194 Å². The number of esters is 4. The van der Waals surface area contributed by atoms with E-state index in [1.165, 1.54) is 0 Å². The summed E-state index contributed by atoms with van der Waals surface area (Å²) in [6.45, 7) is 4.25. The van der Waals surface area contributed by atoms with Gasteiger partial charge in [0.05, 0.1) is 26.4 Å². The molecule has 0 heterocycles. The normalized spacial score (nSPS) is 14.9. The molecule has 0 bridgehead atoms. The van der Waals surface area contributed by atoms with Crippen LogP contribution in [-0.2, 0) is 65.4 Å². The molecule has 5 unspecified atom stereocenters. The van der Waals surface area contributed by atoms with Crippen molar-refractivity contribution in [2.45, 2.75) is 290 Å². The second kappa shape index (κ2) is 77.1. The van der Waals surface area contributed by atoms with Crippen LogP contribution in [0, 0.1) is 0 Å². The smallest absolute Gasteiger partial charge is 0.462 e. The van der Waals surface area contributed by atoms with Crippen molar-refractivity contribution in [3.63, 3.8) is 0 Å². The third-order valence-electron chi connectivity index (χ3n) is 15.5. The van der Waals surface area contributed by atoms with Gasteiger partial charge in [0.15, 0.2) is 12.2 Å². The highest BCUT2D eigenvalue weighted by molar-refractivity contribution is 7.47. The number of aliphatic hydroxyl groups is 1. The average Bonchev–Trinajstić information content (AvgIpc) is 0.909. The summed E-state index contributed by atoms with van der Waals surface area (Å²) in [6.07, 6.45) is 94.2. The van der Waals surface area contributed by atoms with Crippen molar-refractivity contribution in [1.29, 1.82) is 0 Å². The maximum Gasteiger partial charge on any atom is 0.472 e. The molecule has 5 atom stereocenters. The standard InChI is InChI=1S/C87H138O17P2/c1-5-9-13-17-21-25-29-33-37-39-40-42-46-48-52-56-60-64-68-72-85(90)98-78-83(104-87(92)74-70-66-62-58-54-50-44-36-32-28-24-20-16-12-8-4)80-102-106(95,96)100-76-81(88)75-99-105(93,94)101-79-82(103-86(91)73-69-65-61-57-53-49-43-35-31-27-23-19-15-11-7-3)77-97-84(89)71-67-63-59-55-51-47-45-41-38-34-30-26-22-18-14-10-6-2/h9-16,21-28,33-38,40,42-45,47-48,52,54,58,81-83,88H,5-8,17-20,29-32,39,41,46,49-51,53,55-57,59-80H2,1-4H3,(H,93,94)(H,95,96)/b13-9-,14-10-,15-11-,16-12-,25-21-,26-22-,27-23-,28-24-,37-33-,38-34-,42-40-,43-35-,44-36-,47-45-,52-48-,58-54-. The minimum absolute atomic E-state index is 0.0261. The largest absolute Gasteiger partial charge is 0.472 e. The summed E-state index contributed by atoms with van der Waals surface area (Å²) >= 11 is 0. The number of unbranched alkanes of at least 4 members (excludes halogenated alkanes) is 14. The molecule has 0 aromatic carbocycles. The van der Waals surface area contributed by atoms with Crippen LogP contribution in [0.2, 0.25) is 0 Å². The lowest BCUT2D eigenvalue weighted by Crippen LogP contribution is -2.30. The van der Waals surface area contributed by atoms with Crippen LogP contribution in [0.3, 0.4) is 0 Å². The number of phosphoric acid groups is 2. The van der Waals surface area contributed by atoms with Gasteiger partial charge >= 0.3 is 39.5 Å². The quantitative estimate of drug-likeness (QED) is 0.0169. The average molecular weight is 1520 g/mol. The first-order valence-corrected chi connectivity index (χ1v) is 42.7. The van der Waals surface area contributed by atoms with Gasteiger partial charge in [0.25, 0.3) is 0 Å². The van der Waals surface area contributed by atoms with Gasteiger partial charge in [-0.05, 0) is 180 Å². The molecule has 0 fully saturated rings. The van der Waals surface area contributed by atoms with Crippen molar-refractivity contribution in [2.75, 3.05) is 39.6 Å². The Balaban J connectivity index is 5.49. The fourth-order valence-electron chi connectivity index (χ4n) is 9.65. The van der Waals surface area contributed by atoms with Gasteiger partial charge in [-0.1, -0.05) is 261 Å². The Morgan fingerprint density at radius 1 is 0.264 bits per heavy atom. The highest BCUT2D eigenvalue weighted by Crippen LogP contribution is 2.45. The van der Waals surface area contributed by atoms with Crippen LogP contribution in [-0.4, -0.2) is 96.7 Å². The Hall–Kier alpha value is -6.10. The molecule has 3 N–H and O–H groups in total. The summed E-state index contributed by atoms with van der Waals surface area (Å²) < 4.78 is 68.5. The minimum atomic E-state index is -5.01. The molecule has 0 aliphatic heterocycles. The van der Waals surface area contributed by atoms with Crippen LogP contribution in [0.15, 0.2) is 194 Å². The van der Waals surface area contributed by atoms with Gasteiger partial charge in [0.1, 0.15) is 19.3 Å². The molecule has 0 amide bonds. The topological polar surface area (TPSA) is 237 Å². The molecule has 0 saturated carbocycles. The van der Waals surface area contributed by atoms with Crippen molar-refractivity contribution in [2.24, 2.45) is 0 Å². The van der Waals surface area contributed by atoms with Crippen LogP contribution < -0.4 is 0 Å². The first kappa shape index (κ1) is 99.9. The summed E-state index contributed by atoms with van der Waals surface area (Å²) in [4.78, 5) is 73.0. The molecule has 0 aliphatic carbocycles. The summed E-state index contributed by atoms with van der Waals surface area (Å²) in [5.41, 5.74) is 0. The molecule has 0 saturated heterocycles. The third-order valence-corrected chi connectivity index (χ3v) is 17.4. The SMILES string of the molecule is CC/C=C\C/C=C\C/C=C\C/C=C\C/C=C\CCCCCC(=O)OCC(COP(=O)(O)OCC(O)COP(=O)(O)OCC(COC(=O)CCCCCC/C=C\C/C=C\C/C=C\C/C=C\CC)OC(=O)CCCCCCC/C=C\C/C=C\C/C=C\CC)OC(=O)CCCC/C=C\C/C=C\C/C=C\C/C=C\CC. The third kappa shape index (κ3) is 76.1. The molecule has 0 spiro atoms. The van der Waals surface area contributed by atoms with E-state index in [1.54, 1.807) is 0 Å². The lowest BCUT2D eigenvalue weighted by atomic mass is 10.1. The van der Waals surface area contributed by atoms with Gasteiger partial charge in [-0.2, -0.15) is 0 Å². The molecule has 106 heavy (non-hydrogen) atoms. The van der Waals surface area contributed by atoms with Gasteiger partial charge < -0.3 is 33.8 Å². The summed E-state index contributed by atoms with van der Waals surface area (Å²) in [5, 5.41) is 10.6. The Kier molecular flexibility index (Phi) is 72.6. The van der Waals surface area contributed by atoms with Gasteiger partial charge in [0, 0.05) is 25.7 Å². The van der Waals surface area contributed by atoms with Crippen molar-refractivity contribution >= 4 is 39.5 Å². The number of allylic oxidation sites excluding steroid dienone is 32. The van der Waals surface area contributed by atoms with E-state index in [2.05, 4.69) is 222 Å². The van der Waals surface area contributed by atoms with Crippen molar-refractivity contribution in [1.82, 2.24) is 0 Å². The second-order valence-corrected chi connectivity index (χ2v) is 28.4. The van der Waals surface area contributed by atoms with E-state index in [0.717, 1.165) is 186 Å². The van der Waals surface area contributed by atoms with Crippen LogP contribution >= 0.6 is 15.6 Å². The molecule has 17 nitrogen and oxygen atoms in total. The second-order valence-electron chi connectivity index (χ2n) is 25.5. The zero-order valence-corrected chi connectivity index (χ0v) is 67.1. The van der Waals surface area contributed by atoms with Crippen LogP contribution in [0.4, 0.5) is 0 Å². The molecule has 0 aromatic heterocycles. The summed E-state index contributed by atoms with van der Waals surface area (Å²) in [7, 11) is -10.0. The van der Waals surface area contributed by atoms with Crippen LogP contribution in [0.25, 0.3) is 0 Å². The summed E-state index contributed by atoms with van der Waals surface area (Å²) in [5.74, 6) is -2.33. The van der Waals surface area contributed by atoms with E-state index < -0.39 is 97.5 Å². The number of hydrogen-bond donors (Lipinski definition) is 3. The van der Waals surface area contributed by atoms with E-state index in [0.29, 0.717) is 32.1 Å². The van der Waals surface area contributed by atoms with Gasteiger partial charge in [-0.15, -0.1) is 0 Å². The predicted octanol–water partition coefficient (Wildman–Crippen LogP) is 23.3. The fraction of sp³-hybridized carbons (Fsp3) is 0.586. The van der Waals surface area contributed by atoms with Crippen molar-refractivity contribution in [3.8, 4) is 0 Å². The Labute approximate surface area is 640 Å². The number of ether oxygens (including phenoxy) is 4. The highest BCUT2D eigenvalue weighted by Gasteiger charge is 2.30. The summed E-state index contributed by atoms with van der Waals surface area (Å²) in [6, 6.07) is 0. The monoisotopic (exact) mass is 1520 g/mol. The molecule has 598 valence electrons. The van der Waals surface area contributed by atoms with Crippen molar-refractivity contribution < 1.29 is 80.2 Å². The molecule has 0 aliphatic rings. The van der Waals surface area contributed by atoms with Gasteiger partial charge in [-0.3, -0.25) is 37.3 Å². The number of rotatable bonds is 72. The zero-order chi connectivity index (χ0) is 77.4. The first-order valence-electron chi connectivity index (χ1n) is 39.7. The first-order chi connectivity index (χ1) is 51.7. The van der Waals surface area contributed by atoms with E-state index >= 15 is 0 Å². The van der Waals surface area contributed by atoms with Gasteiger partial charge in [0.2, 0.25) is 0 Å². The maximum absolute atomic E-state index is 13.1. The van der Waals surface area contributed by atoms with Gasteiger partial charge in [-0.25, -0.2) is 9.13 Å². The number of carbonyl (C=O) groups is 4. The fourth-order valence-corrected chi connectivity index (χ4v) is 11.2. The molecule has 19 heteroatoms. The van der Waals surface area contributed by atoms with E-state index in [-0.39, 0.29) is 25.7 Å². The number of carbonyl (C=O) groups excluding carboxylic acids is 4. The molecular weight excluding hydrogens is 1380 g/mol. The molecule has 0 radical (unpaired) electrons. The predicted molar refractivity (Wildman–Crippen MR) is 436 cm³/mol. The van der Waals surface area contributed by atoms with Crippen LogP contribution in [0.1, 0.15) is 272 Å². The maximum atomic E-state index is 13.1. The number of aliphatic hydroxyl groups excluding tert-OH is 1. The molecular formula is C87H138O17P2. The minimum Gasteiger partial charge on any atom is -0.462 e. The van der Waals surface area contributed by atoms with Crippen LogP contribution in [0.5, 0.6) is 0 Å². The highest BCUT2D eigenvalue weighted by atomic mass is 31.2. The Morgan fingerprint density at radius 3 is 0.736 bits per heavy atom. The Bertz CT molecular complexity index is 2780. The Morgan fingerprint density at radius 2 is 0.462 bits per heavy atom. The van der Waals surface area contributed by atoms with E-state index in [9.17, 15) is 43.2 Å². The van der Waals surface area contributed by atoms with E-state index in [4.69, 9.17) is 37.0 Å². The zero-order valence-electron chi connectivity index (χ0n) is 65.3. The number of phosphoric ester groups is 2. The lowest BCUT2D eigenvalue weighted by molar-refractivity contribution is -0.161. The molecule has 0 rings (SSSR count).